The lowest BCUT2D eigenvalue weighted by Crippen LogP contribution is -2.44. The number of benzene rings is 1. The maximum atomic E-state index is 12.3. The first kappa shape index (κ1) is 17.5. The lowest BCUT2D eigenvalue weighted by Gasteiger charge is -2.35. The number of carbonyl (C=O) groups is 2. The number of likely N-dealkylation sites (N-methyl/N-ethyl adjacent to an activating group) is 1. The molecule has 6 nitrogen and oxygen atoms in total. The molecular weight excluding hydrogens is 340 g/mol. The van der Waals surface area contributed by atoms with Crippen LogP contribution in [0.25, 0.3) is 0 Å². The minimum absolute atomic E-state index is 0.00974. The van der Waals surface area contributed by atoms with Gasteiger partial charge in [-0.25, -0.2) is 13.1 Å². The second-order valence-electron chi connectivity index (χ2n) is 5.51. The summed E-state index contributed by atoms with van der Waals surface area (Å²) in [5.41, 5.74) is -0.318. The summed E-state index contributed by atoms with van der Waals surface area (Å²) < 4.78 is 24.4. The summed E-state index contributed by atoms with van der Waals surface area (Å²) in [5, 5.41) is 0.113. The van der Waals surface area contributed by atoms with Gasteiger partial charge in [-0.1, -0.05) is 23.7 Å². The van der Waals surface area contributed by atoms with Crippen molar-refractivity contribution in [3.63, 3.8) is 0 Å². The second-order valence-corrected chi connectivity index (χ2v) is 7.67. The molecule has 1 aliphatic rings. The van der Waals surface area contributed by atoms with Gasteiger partial charge in [0.25, 0.3) is 5.91 Å². The van der Waals surface area contributed by atoms with Gasteiger partial charge in [-0.05, 0) is 30.8 Å². The van der Waals surface area contributed by atoms with Crippen LogP contribution >= 0.6 is 11.6 Å². The summed E-state index contributed by atoms with van der Waals surface area (Å²) in [4.78, 5) is 26.2. The van der Waals surface area contributed by atoms with E-state index in [9.17, 15) is 18.0 Å². The smallest absolute Gasteiger partial charge is 0.266 e. The number of carbonyl (C=O) groups excluding carboxylic acids is 2. The minimum atomic E-state index is -3.71. The fraction of sp³-hybridized carbons (Fsp3) is 0.333. The van der Waals surface area contributed by atoms with Gasteiger partial charge in [0.05, 0.1) is 16.8 Å². The maximum Gasteiger partial charge on any atom is 0.266 e. The molecule has 0 aliphatic carbocycles. The van der Waals surface area contributed by atoms with Gasteiger partial charge in [0.15, 0.2) is 5.78 Å². The van der Waals surface area contributed by atoms with E-state index in [1.807, 2.05) is 10.8 Å². The fourth-order valence-corrected chi connectivity index (χ4v) is 3.40. The molecule has 0 aromatic heterocycles. The van der Waals surface area contributed by atoms with Gasteiger partial charge < -0.3 is 4.90 Å². The van der Waals surface area contributed by atoms with Crippen LogP contribution in [0.5, 0.6) is 0 Å². The predicted molar refractivity (Wildman–Crippen MR) is 87.6 cm³/mol. The summed E-state index contributed by atoms with van der Waals surface area (Å²) in [7, 11) is -1.94. The number of Topliss-reactive ketones (excluding diaryl/α,β-unsaturated/α-hetero) is 1. The molecule has 0 saturated carbocycles. The molecule has 0 spiro atoms. The molecule has 1 aromatic rings. The number of halogens is 1. The Hall–Kier alpha value is -1.86. The number of ketones is 1. The van der Waals surface area contributed by atoms with Gasteiger partial charge in [0.2, 0.25) is 10.0 Å². The van der Waals surface area contributed by atoms with E-state index >= 15 is 0 Å². The predicted octanol–water partition coefficient (Wildman–Crippen LogP) is 1.66. The molecule has 0 fully saturated rings. The Morgan fingerprint density at radius 2 is 2.00 bits per heavy atom. The zero-order valence-electron chi connectivity index (χ0n) is 13.0. The first-order valence-corrected chi connectivity index (χ1v) is 9.07. The molecule has 1 aliphatic heterocycles. The van der Waals surface area contributed by atoms with Crippen LogP contribution in [0.3, 0.4) is 0 Å². The number of hydrogen-bond donors (Lipinski definition) is 1. The quantitative estimate of drug-likeness (QED) is 0.887. The zero-order chi connectivity index (χ0) is 17.4. The van der Waals surface area contributed by atoms with Crippen LogP contribution in [0.4, 0.5) is 0 Å². The second kappa shape index (κ2) is 5.98. The molecule has 1 heterocycles. The van der Waals surface area contributed by atoms with E-state index in [1.54, 1.807) is 24.2 Å². The Morgan fingerprint density at radius 3 is 2.48 bits per heavy atom. The van der Waals surface area contributed by atoms with E-state index in [-0.39, 0.29) is 16.4 Å². The number of hydrogen-bond acceptors (Lipinski definition) is 5. The van der Waals surface area contributed by atoms with Gasteiger partial charge >= 0.3 is 0 Å². The monoisotopic (exact) mass is 356 g/mol. The molecule has 1 atom stereocenters. The molecule has 0 saturated heterocycles. The number of amides is 1. The Kier molecular flexibility index (Phi) is 4.54. The lowest BCUT2D eigenvalue weighted by atomic mass is 9.83. The van der Waals surface area contributed by atoms with Gasteiger partial charge in [-0.2, -0.15) is 0 Å². The van der Waals surface area contributed by atoms with Crippen molar-refractivity contribution in [2.45, 2.75) is 18.9 Å². The molecule has 124 valence electrons. The number of rotatable bonds is 4. The van der Waals surface area contributed by atoms with Crippen LogP contribution in [-0.2, 0) is 20.4 Å². The van der Waals surface area contributed by atoms with Crippen LogP contribution in [0.2, 0.25) is 5.02 Å². The largest absolute Gasteiger partial charge is 0.364 e. The SMILES string of the molecule is CC(=O)C1(c2ccc(Cl)c(C(=O)NS(C)(=O)=O)c2)CC=CN1C. The maximum absolute atomic E-state index is 12.3. The van der Waals surface area contributed by atoms with E-state index in [0.717, 1.165) is 6.26 Å². The summed E-state index contributed by atoms with van der Waals surface area (Å²) in [6, 6.07) is 4.63. The van der Waals surface area contributed by atoms with Crippen LogP contribution in [0.15, 0.2) is 30.5 Å². The van der Waals surface area contributed by atoms with Crippen molar-refractivity contribution in [1.29, 1.82) is 0 Å². The molecule has 1 amide bonds. The van der Waals surface area contributed by atoms with E-state index in [4.69, 9.17) is 11.6 Å². The van der Waals surface area contributed by atoms with E-state index in [1.165, 1.54) is 19.1 Å². The van der Waals surface area contributed by atoms with Crippen molar-refractivity contribution in [2.75, 3.05) is 13.3 Å². The van der Waals surface area contributed by atoms with Crippen LogP contribution in [-0.4, -0.2) is 38.3 Å². The molecular formula is C15H17ClN2O4S. The summed E-state index contributed by atoms with van der Waals surface area (Å²) in [6.07, 6.45) is 5.01. The van der Waals surface area contributed by atoms with E-state index in [2.05, 4.69) is 0 Å². The highest BCUT2D eigenvalue weighted by atomic mass is 35.5. The van der Waals surface area contributed by atoms with Crippen LogP contribution < -0.4 is 4.72 Å². The van der Waals surface area contributed by atoms with Crippen molar-refractivity contribution >= 4 is 33.3 Å². The average molecular weight is 357 g/mol. The third-order valence-electron chi connectivity index (χ3n) is 3.89. The normalized spacial score (nSPS) is 20.6. The van der Waals surface area contributed by atoms with Crippen molar-refractivity contribution in [2.24, 2.45) is 0 Å². The summed E-state index contributed by atoms with van der Waals surface area (Å²) in [5.74, 6) is -0.909. The molecule has 0 radical (unpaired) electrons. The Labute approximate surface area is 140 Å². The molecule has 1 unspecified atom stereocenters. The van der Waals surface area contributed by atoms with Crippen molar-refractivity contribution in [3.8, 4) is 0 Å². The Balaban J connectivity index is 2.52. The lowest BCUT2D eigenvalue weighted by molar-refractivity contribution is -0.126. The number of sulfonamides is 1. The van der Waals surface area contributed by atoms with Gasteiger partial charge in [0.1, 0.15) is 5.54 Å². The number of nitrogens with one attached hydrogen (secondary N) is 1. The van der Waals surface area contributed by atoms with Crippen LogP contribution in [0, 0.1) is 0 Å². The highest BCUT2D eigenvalue weighted by molar-refractivity contribution is 7.89. The Morgan fingerprint density at radius 1 is 1.35 bits per heavy atom. The van der Waals surface area contributed by atoms with Gasteiger partial charge in [-0.15, -0.1) is 0 Å². The molecule has 2 rings (SSSR count). The first-order chi connectivity index (χ1) is 10.6. The summed E-state index contributed by atoms with van der Waals surface area (Å²) >= 11 is 6.02. The minimum Gasteiger partial charge on any atom is -0.364 e. The third kappa shape index (κ3) is 3.25. The molecule has 1 N–H and O–H groups in total. The number of nitrogens with zero attached hydrogens (tertiary/aromatic N) is 1. The molecule has 23 heavy (non-hydrogen) atoms. The Bertz CT molecular complexity index is 804. The zero-order valence-corrected chi connectivity index (χ0v) is 14.5. The average Bonchev–Trinajstić information content (AvgIpc) is 2.80. The van der Waals surface area contributed by atoms with Crippen LogP contribution in [0.1, 0.15) is 29.3 Å². The third-order valence-corrected chi connectivity index (χ3v) is 4.78. The summed E-state index contributed by atoms with van der Waals surface area (Å²) in [6.45, 7) is 1.48. The molecule has 8 heteroatoms. The van der Waals surface area contributed by atoms with E-state index < -0.39 is 21.5 Å². The fourth-order valence-electron chi connectivity index (χ4n) is 2.75. The van der Waals surface area contributed by atoms with Gasteiger partial charge in [0, 0.05) is 13.5 Å². The van der Waals surface area contributed by atoms with Crippen molar-refractivity contribution in [3.05, 3.63) is 46.6 Å². The molecule has 1 aromatic carbocycles. The highest BCUT2D eigenvalue weighted by Gasteiger charge is 2.42. The first-order valence-electron chi connectivity index (χ1n) is 6.81. The standard InChI is InChI=1S/C15H17ClN2O4S/c1-10(19)15(7-4-8-18(15)2)11-5-6-13(16)12(9-11)14(20)17-23(3,21)22/h4-6,8-9H,7H2,1-3H3,(H,17,20). The van der Waals surface area contributed by atoms with E-state index in [0.29, 0.717) is 12.0 Å². The highest BCUT2D eigenvalue weighted by Crippen LogP contribution is 2.38. The molecule has 0 bridgehead atoms. The van der Waals surface area contributed by atoms with Crippen molar-refractivity contribution < 1.29 is 18.0 Å². The van der Waals surface area contributed by atoms with Gasteiger partial charge in [-0.3, -0.25) is 9.59 Å². The van der Waals surface area contributed by atoms with Crippen molar-refractivity contribution in [1.82, 2.24) is 9.62 Å². The topological polar surface area (TPSA) is 83.5 Å².